The van der Waals surface area contributed by atoms with Crippen molar-refractivity contribution in [1.29, 1.82) is 0 Å². The highest BCUT2D eigenvalue weighted by Gasteiger charge is 2.25. The third kappa shape index (κ3) is 2.98. The van der Waals surface area contributed by atoms with E-state index in [9.17, 15) is 9.18 Å². The lowest BCUT2D eigenvalue weighted by molar-refractivity contribution is 0.0854. The van der Waals surface area contributed by atoms with Crippen molar-refractivity contribution in [3.8, 4) is 0 Å². The van der Waals surface area contributed by atoms with Gasteiger partial charge in [-0.15, -0.1) is 0 Å². The van der Waals surface area contributed by atoms with Gasteiger partial charge in [0.2, 0.25) is 0 Å². The Morgan fingerprint density at radius 2 is 2.00 bits per heavy atom. The summed E-state index contributed by atoms with van der Waals surface area (Å²) in [7, 11) is 0. The van der Waals surface area contributed by atoms with E-state index < -0.39 is 11.2 Å². The molecule has 0 spiro atoms. The van der Waals surface area contributed by atoms with E-state index in [4.69, 9.17) is 0 Å². The van der Waals surface area contributed by atoms with E-state index >= 15 is 0 Å². The molecule has 1 aromatic rings. The molecular formula is C12H16FNOS. The minimum Gasteiger partial charge on any atom is -0.330 e. The van der Waals surface area contributed by atoms with Gasteiger partial charge in [0.05, 0.1) is 5.56 Å². The number of ketones is 1. The fourth-order valence-electron chi connectivity index (χ4n) is 1.28. The number of carbonyl (C=O) groups is 1. The van der Waals surface area contributed by atoms with Crippen LogP contribution in [0.2, 0.25) is 0 Å². The first-order valence-electron chi connectivity index (χ1n) is 4.99. The number of hydrogen-bond acceptors (Lipinski definition) is 3. The van der Waals surface area contributed by atoms with Gasteiger partial charge in [-0.25, -0.2) is 4.39 Å². The molecule has 0 heterocycles. The molecular weight excluding hydrogens is 225 g/mol. The van der Waals surface area contributed by atoms with Crippen LogP contribution in [0.4, 0.5) is 10.1 Å². The molecule has 0 saturated heterocycles. The molecule has 0 saturated carbocycles. The fraction of sp³-hybridized carbons (Fsp3) is 0.417. The Morgan fingerprint density at radius 1 is 1.38 bits per heavy atom. The number of anilines is 1. The number of carbonyl (C=O) groups excluding carboxylic acids is 1. The Bertz CT molecular complexity index is 398. The first-order valence-corrected chi connectivity index (χ1v) is 6.22. The summed E-state index contributed by atoms with van der Waals surface area (Å²) < 4.78 is 16.6. The van der Waals surface area contributed by atoms with E-state index in [-0.39, 0.29) is 11.3 Å². The molecule has 0 aliphatic heterocycles. The van der Waals surface area contributed by atoms with Crippen LogP contribution >= 0.6 is 11.9 Å². The van der Waals surface area contributed by atoms with Crippen LogP contribution in [0.5, 0.6) is 0 Å². The predicted octanol–water partition coefficient (Wildman–Crippen LogP) is 3.74. The lowest BCUT2D eigenvalue weighted by Crippen LogP contribution is -2.21. The molecule has 0 radical (unpaired) electrons. The maximum atomic E-state index is 13.7. The summed E-state index contributed by atoms with van der Waals surface area (Å²) in [5.74, 6) is -0.653. The molecule has 1 aromatic carbocycles. The van der Waals surface area contributed by atoms with Crippen molar-refractivity contribution < 1.29 is 9.18 Å². The summed E-state index contributed by atoms with van der Waals surface area (Å²) >= 11 is 1.38. The van der Waals surface area contributed by atoms with Crippen LogP contribution in [0.1, 0.15) is 31.1 Å². The molecule has 2 nitrogen and oxygen atoms in total. The molecule has 88 valence electrons. The van der Waals surface area contributed by atoms with Gasteiger partial charge in [0.15, 0.2) is 5.78 Å². The Kier molecular flexibility index (Phi) is 3.97. The Balaban J connectivity index is 3.04. The van der Waals surface area contributed by atoms with Crippen molar-refractivity contribution in [2.45, 2.75) is 20.8 Å². The van der Waals surface area contributed by atoms with Crippen molar-refractivity contribution >= 4 is 23.4 Å². The average Bonchev–Trinajstić information content (AvgIpc) is 2.16. The summed E-state index contributed by atoms with van der Waals surface area (Å²) in [6, 6.07) is 4.58. The van der Waals surface area contributed by atoms with E-state index in [1.54, 1.807) is 26.8 Å². The van der Waals surface area contributed by atoms with Gasteiger partial charge in [-0.3, -0.25) is 4.79 Å². The van der Waals surface area contributed by atoms with Gasteiger partial charge < -0.3 is 4.72 Å². The topological polar surface area (TPSA) is 29.1 Å². The predicted molar refractivity (Wildman–Crippen MR) is 67.3 cm³/mol. The van der Waals surface area contributed by atoms with Gasteiger partial charge in [-0.2, -0.15) is 0 Å². The second kappa shape index (κ2) is 4.87. The second-order valence-electron chi connectivity index (χ2n) is 4.58. The van der Waals surface area contributed by atoms with E-state index in [1.165, 1.54) is 24.1 Å². The van der Waals surface area contributed by atoms with Gasteiger partial charge in [0.1, 0.15) is 5.82 Å². The molecule has 0 atom stereocenters. The molecule has 4 heteroatoms. The molecule has 0 bridgehead atoms. The zero-order chi connectivity index (χ0) is 12.3. The number of hydrogen-bond donors (Lipinski definition) is 1. The molecule has 16 heavy (non-hydrogen) atoms. The number of nitrogens with one attached hydrogen (secondary N) is 1. The van der Waals surface area contributed by atoms with Crippen LogP contribution in [0, 0.1) is 11.2 Å². The summed E-state index contributed by atoms with van der Waals surface area (Å²) in [6.07, 6.45) is 1.85. The summed E-state index contributed by atoms with van der Waals surface area (Å²) in [4.78, 5) is 11.9. The lowest BCUT2D eigenvalue weighted by Gasteiger charge is -2.17. The van der Waals surface area contributed by atoms with Crippen molar-refractivity contribution in [1.82, 2.24) is 0 Å². The van der Waals surface area contributed by atoms with E-state index in [1.807, 2.05) is 6.26 Å². The molecule has 0 aliphatic carbocycles. The lowest BCUT2D eigenvalue weighted by atomic mass is 9.86. The van der Waals surface area contributed by atoms with E-state index in [0.29, 0.717) is 5.69 Å². The highest BCUT2D eigenvalue weighted by atomic mass is 32.2. The summed E-state index contributed by atoms with van der Waals surface area (Å²) in [5, 5.41) is 0. The first-order chi connectivity index (χ1) is 7.36. The summed E-state index contributed by atoms with van der Waals surface area (Å²) in [5.41, 5.74) is 0.254. The SMILES string of the molecule is CSNc1ccc(C(=O)C(C)(C)C)c(F)c1. The molecule has 0 unspecified atom stereocenters. The van der Waals surface area contributed by atoms with Crippen molar-refractivity contribution in [3.05, 3.63) is 29.6 Å². The molecule has 0 aliphatic rings. The Morgan fingerprint density at radius 3 is 2.44 bits per heavy atom. The smallest absolute Gasteiger partial charge is 0.171 e. The van der Waals surface area contributed by atoms with Crippen LogP contribution in [0.25, 0.3) is 0 Å². The molecule has 1 N–H and O–H groups in total. The van der Waals surface area contributed by atoms with Crippen molar-refractivity contribution in [2.75, 3.05) is 11.0 Å². The van der Waals surface area contributed by atoms with Crippen LogP contribution in [0.15, 0.2) is 18.2 Å². The minimum absolute atomic E-state index is 0.152. The third-order valence-corrected chi connectivity index (χ3v) is 2.55. The average molecular weight is 241 g/mol. The second-order valence-corrected chi connectivity index (χ2v) is 5.19. The van der Waals surface area contributed by atoms with Gasteiger partial charge >= 0.3 is 0 Å². The molecule has 1 rings (SSSR count). The zero-order valence-electron chi connectivity index (χ0n) is 9.93. The highest BCUT2D eigenvalue weighted by molar-refractivity contribution is 7.99. The van der Waals surface area contributed by atoms with Crippen LogP contribution < -0.4 is 4.72 Å². The van der Waals surface area contributed by atoms with Gasteiger partial charge in [0.25, 0.3) is 0 Å². The van der Waals surface area contributed by atoms with Crippen LogP contribution in [-0.2, 0) is 0 Å². The zero-order valence-corrected chi connectivity index (χ0v) is 10.7. The van der Waals surface area contributed by atoms with E-state index in [0.717, 1.165) is 0 Å². The van der Waals surface area contributed by atoms with Crippen LogP contribution in [0.3, 0.4) is 0 Å². The van der Waals surface area contributed by atoms with Crippen LogP contribution in [-0.4, -0.2) is 12.0 Å². The van der Waals surface area contributed by atoms with Gasteiger partial charge in [-0.05, 0) is 18.2 Å². The fourth-order valence-corrected chi connectivity index (χ4v) is 1.65. The van der Waals surface area contributed by atoms with Gasteiger partial charge in [-0.1, -0.05) is 32.7 Å². The molecule has 0 amide bonds. The van der Waals surface area contributed by atoms with E-state index in [2.05, 4.69) is 4.72 Å². The minimum atomic E-state index is -0.560. The largest absolute Gasteiger partial charge is 0.330 e. The first kappa shape index (κ1) is 13.0. The van der Waals surface area contributed by atoms with Crippen molar-refractivity contribution in [3.63, 3.8) is 0 Å². The standard InChI is InChI=1S/C12H16FNOS/c1-12(2,3)11(15)9-6-5-8(14-16-4)7-10(9)13/h5-7,14H,1-4H3. The van der Waals surface area contributed by atoms with Crippen molar-refractivity contribution in [2.24, 2.45) is 5.41 Å². The third-order valence-electron chi connectivity index (χ3n) is 2.11. The highest BCUT2D eigenvalue weighted by Crippen LogP contribution is 2.24. The maximum absolute atomic E-state index is 13.7. The van der Waals surface area contributed by atoms with Gasteiger partial charge in [0, 0.05) is 17.4 Å². The summed E-state index contributed by atoms with van der Waals surface area (Å²) in [6.45, 7) is 5.34. The maximum Gasteiger partial charge on any atom is 0.171 e. The molecule has 0 aromatic heterocycles. The quantitative estimate of drug-likeness (QED) is 0.645. The number of benzene rings is 1. The monoisotopic (exact) mass is 241 g/mol. The number of Topliss-reactive ketones (excluding diaryl/α,β-unsaturated/α-hetero) is 1. The number of halogens is 1. The molecule has 0 fully saturated rings. The normalized spacial score (nSPS) is 11.3. The Labute approximate surface area is 99.8 Å². The number of rotatable bonds is 3. The Hall–Kier alpha value is -1.03.